The topological polar surface area (TPSA) is 50.3 Å². The van der Waals surface area contributed by atoms with Gasteiger partial charge >= 0.3 is 0 Å². The van der Waals surface area contributed by atoms with Crippen molar-refractivity contribution in [2.75, 3.05) is 31.1 Å². The van der Waals surface area contributed by atoms with Gasteiger partial charge in [0.05, 0.1) is 6.61 Å². The van der Waals surface area contributed by atoms with Gasteiger partial charge < -0.3 is 15.0 Å². The number of ether oxygens (including phenoxy) is 1. The van der Waals surface area contributed by atoms with Crippen LogP contribution in [0.2, 0.25) is 0 Å². The van der Waals surface area contributed by atoms with Gasteiger partial charge in [-0.1, -0.05) is 13.8 Å². The van der Waals surface area contributed by atoms with Crippen LogP contribution in [0.5, 0.6) is 5.88 Å². The Kier molecular flexibility index (Phi) is 6.05. The van der Waals surface area contributed by atoms with Crippen LogP contribution >= 0.6 is 0 Å². The second kappa shape index (κ2) is 8.04. The highest BCUT2D eigenvalue weighted by Crippen LogP contribution is 2.23. The zero-order chi connectivity index (χ0) is 14.2. The van der Waals surface area contributed by atoms with E-state index < -0.39 is 0 Å². The zero-order valence-electron chi connectivity index (χ0n) is 12.6. The lowest BCUT2D eigenvalue weighted by Crippen LogP contribution is -2.39. The quantitative estimate of drug-likeness (QED) is 0.739. The molecule has 5 heteroatoms. The molecule has 5 nitrogen and oxygen atoms in total. The van der Waals surface area contributed by atoms with Crippen LogP contribution in [0.15, 0.2) is 12.3 Å². The zero-order valence-corrected chi connectivity index (χ0v) is 12.6. The molecule has 0 aliphatic carbocycles. The van der Waals surface area contributed by atoms with Gasteiger partial charge in [0.15, 0.2) is 0 Å². The molecule has 1 saturated heterocycles. The van der Waals surface area contributed by atoms with Crippen LogP contribution in [-0.2, 0) is 0 Å². The van der Waals surface area contributed by atoms with Crippen molar-refractivity contribution in [3.63, 3.8) is 0 Å². The molecule has 0 radical (unpaired) electrons. The Bertz CT molecular complexity index is 399. The summed E-state index contributed by atoms with van der Waals surface area (Å²) in [6, 6.07) is 2.34. The largest absolute Gasteiger partial charge is 0.478 e. The molecule has 1 N–H and O–H groups in total. The van der Waals surface area contributed by atoms with Crippen molar-refractivity contribution < 1.29 is 4.74 Å². The number of nitrogens with one attached hydrogen (secondary N) is 1. The van der Waals surface area contributed by atoms with Crippen molar-refractivity contribution in [2.24, 2.45) is 0 Å². The monoisotopic (exact) mass is 278 g/mol. The third-order valence-corrected chi connectivity index (χ3v) is 3.51. The predicted octanol–water partition coefficient (Wildman–Crippen LogP) is 2.23. The van der Waals surface area contributed by atoms with Gasteiger partial charge in [0.25, 0.3) is 0 Å². The van der Waals surface area contributed by atoms with Crippen molar-refractivity contribution in [3.8, 4) is 5.88 Å². The van der Waals surface area contributed by atoms with Gasteiger partial charge in [0.2, 0.25) is 11.8 Å². The van der Waals surface area contributed by atoms with E-state index in [-0.39, 0.29) is 0 Å². The molecule has 1 aliphatic rings. The minimum absolute atomic E-state index is 0.503. The molecule has 0 spiro atoms. The van der Waals surface area contributed by atoms with E-state index in [9.17, 15) is 0 Å². The summed E-state index contributed by atoms with van der Waals surface area (Å²) in [6.07, 6.45) is 6.38. The van der Waals surface area contributed by atoms with Crippen LogP contribution in [0.25, 0.3) is 0 Å². The second-order valence-electron chi connectivity index (χ2n) is 5.24. The Hall–Kier alpha value is -1.36. The Morgan fingerprint density at radius 2 is 2.30 bits per heavy atom. The van der Waals surface area contributed by atoms with Gasteiger partial charge in [-0.2, -0.15) is 4.98 Å². The summed E-state index contributed by atoms with van der Waals surface area (Å²) in [5, 5.41) is 3.50. The first-order valence-corrected chi connectivity index (χ1v) is 7.78. The highest BCUT2D eigenvalue weighted by molar-refractivity contribution is 5.35. The molecule has 0 aromatic carbocycles. The molecule has 112 valence electrons. The van der Waals surface area contributed by atoms with Gasteiger partial charge in [0, 0.05) is 31.4 Å². The van der Waals surface area contributed by atoms with Crippen LogP contribution in [-0.4, -0.2) is 42.3 Å². The average Bonchev–Trinajstić information content (AvgIpc) is 2.94. The molecule has 0 amide bonds. The normalized spacial score (nSPS) is 18.5. The molecular formula is C15H26N4O. The molecular weight excluding hydrogens is 252 g/mol. The van der Waals surface area contributed by atoms with E-state index >= 15 is 0 Å². The third kappa shape index (κ3) is 4.07. The lowest BCUT2D eigenvalue weighted by Gasteiger charge is -2.25. The summed E-state index contributed by atoms with van der Waals surface area (Å²) < 4.78 is 5.60. The van der Waals surface area contributed by atoms with E-state index in [1.54, 1.807) is 6.20 Å². The minimum atomic E-state index is 0.503. The number of hydrogen-bond acceptors (Lipinski definition) is 5. The smallest absolute Gasteiger partial charge is 0.228 e. The highest BCUT2D eigenvalue weighted by atomic mass is 16.5. The number of aromatic nitrogens is 2. The fourth-order valence-corrected chi connectivity index (χ4v) is 2.51. The Morgan fingerprint density at radius 1 is 1.40 bits per heavy atom. The minimum Gasteiger partial charge on any atom is -0.478 e. The summed E-state index contributed by atoms with van der Waals surface area (Å²) in [6.45, 7) is 8.12. The van der Waals surface area contributed by atoms with E-state index in [0.29, 0.717) is 18.5 Å². The summed E-state index contributed by atoms with van der Waals surface area (Å²) in [7, 11) is 0. The van der Waals surface area contributed by atoms with E-state index in [4.69, 9.17) is 4.74 Å². The molecule has 1 unspecified atom stereocenters. The van der Waals surface area contributed by atoms with Gasteiger partial charge in [-0.25, -0.2) is 4.98 Å². The van der Waals surface area contributed by atoms with E-state index in [1.807, 2.05) is 6.07 Å². The number of anilines is 1. The maximum atomic E-state index is 5.60. The molecule has 20 heavy (non-hydrogen) atoms. The van der Waals surface area contributed by atoms with Crippen molar-refractivity contribution in [1.29, 1.82) is 0 Å². The van der Waals surface area contributed by atoms with Gasteiger partial charge in [-0.15, -0.1) is 0 Å². The molecule has 1 fully saturated rings. The number of nitrogens with zero attached hydrogens (tertiary/aromatic N) is 3. The molecule has 1 atom stereocenters. The first kappa shape index (κ1) is 15.0. The SMILES string of the molecule is CCCNCC1CCCN1c1nccc(OCCC)n1. The number of rotatable bonds is 8. The highest BCUT2D eigenvalue weighted by Gasteiger charge is 2.26. The molecule has 0 saturated carbocycles. The molecule has 1 aromatic rings. The van der Waals surface area contributed by atoms with Crippen molar-refractivity contribution in [2.45, 2.75) is 45.6 Å². The fraction of sp³-hybridized carbons (Fsp3) is 0.733. The van der Waals surface area contributed by atoms with E-state index in [2.05, 4.69) is 34.0 Å². The van der Waals surface area contributed by atoms with E-state index in [0.717, 1.165) is 32.0 Å². The van der Waals surface area contributed by atoms with Crippen LogP contribution in [0.4, 0.5) is 5.95 Å². The first-order valence-electron chi connectivity index (χ1n) is 7.78. The van der Waals surface area contributed by atoms with Crippen LogP contribution in [0.3, 0.4) is 0 Å². The predicted molar refractivity (Wildman–Crippen MR) is 81.3 cm³/mol. The summed E-state index contributed by atoms with van der Waals surface area (Å²) in [4.78, 5) is 11.3. The number of hydrogen-bond donors (Lipinski definition) is 1. The molecule has 1 aromatic heterocycles. The second-order valence-corrected chi connectivity index (χ2v) is 5.24. The van der Waals surface area contributed by atoms with Crippen molar-refractivity contribution >= 4 is 5.95 Å². The van der Waals surface area contributed by atoms with E-state index in [1.165, 1.54) is 19.3 Å². The molecule has 2 heterocycles. The fourth-order valence-electron chi connectivity index (χ4n) is 2.51. The Morgan fingerprint density at radius 3 is 3.10 bits per heavy atom. The van der Waals surface area contributed by atoms with Crippen molar-refractivity contribution in [1.82, 2.24) is 15.3 Å². The van der Waals surface area contributed by atoms with Gasteiger partial charge in [0.1, 0.15) is 0 Å². The molecule has 0 bridgehead atoms. The standard InChI is InChI=1S/C15H26N4O/c1-3-8-16-12-13-6-5-10-19(13)15-17-9-7-14(18-15)20-11-4-2/h7,9,13,16H,3-6,8,10-12H2,1-2H3. The van der Waals surface area contributed by atoms with Crippen LogP contribution < -0.4 is 15.0 Å². The van der Waals surface area contributed by atoms with Gasteiger partial charge in [-0.3, -0.25) is 0 Å². The maximum Gasteiger partial charge on any atom is 0.228 e. The summed E-state index contributed by atoms with van der Waals surface area (Å²) in [5.74, 6) is 1.49. The lowest BCUT2D eigenvalue weighted by atomic mass is 10.2. The van der Waals surface area contributed by atoms with Crippen molar-refractivity contribution in [3.05, 3.63) is 12.3 Å². The van der Waals surface area contributed by atoms with Crippen LogP contribution in [0, 0.1) is 0 Å². The Labute approximate surface area is 121 Å². The maximum absolute atomic E-state index is 5.60. The molecule has 2 rings (SSSR count). The van der Waals surface area contributed by atoms with Gasteiger partial charge in [-0.05, 0) is 32.2 Å². The lowest BCUT2D eigenvalue weighted by molar-refractivity contribution is 0.304. The molecule has 1 aliphatic heterocycles. The van der Waals surface area contributed by atoms with Crippen LogP contribution in [0.1, 0.15) is 39.5 Å². The Balaban J connectivity index is 1.97. The first-order chi connectivity index (χ1) is 9.85. The summed E-state index contributed by atoms with van der Waals surface area (Å²) in [5.41, 5.74) is 0. The summed E-state index contributed by atoms with van der Waals surface area (Å²) >= 11 is 0. The average molecular weight is 278 g/mol. The third-order valence-electron chi connectivity index (χ3n) is 3.51.